The Hall–Kier alpha value is -3.54. The van der Waals surface area contributed by atoms with Crippen molar-refractivity contribution in [1.82, 2.24) is 5.32 Å². The second kappa shape index (κ2) is 11.2. The molecule has 0 saturated heterocycles. The first kappa shape index (κ1) is 23.1. The fourth-order valence-corrected chi connectivity index (χ4v) is 3.48. The van der Waals surface area contributed by atoms with Crippen LogP contribution in [-0.4, -0.2) is 27.2 Å². The van der Waals surface area contributed by atoms with E-state index in [0.717, 1.165) is 22.4 Å². The molecule has 3 aromatic carbocycles. The third-order valence-corrected chi connectivity index (χ3v) is 5.26. The van der Waals surface area contributed by atoms with Crippen molar-refractivity contribution in [3.05, 3.63) is 89.2 Å². The highest BCUT2D eigenvalue weighted by Crippen LogP contribution is 2.24. The van der Waals surface area contributed by atoms with Crippen LogP contribution in [0, 0.1) is 5.82 Å². The SMILES string of the molecule is COc1ccc(C(Cc2ccc(F)cc2)NC(=O)CCc2cc(OC)cc(OC)c2)cc1. The highest BCUT2D eigenvalue weighted by Gasteiger charge is 2.16. The lowest BCUT2D eigenvalue weighted by Gasteiger charge is -2.20. The summed E-state index contributed by atoms with van der Waals surface area (Å²) in [7, 11) is 4.81. The molecule has 168 valence electrons. The summed E-state index contributed by atoms with van der Waals surface area (Å²) in [5, 5.41) is 3.13. The molecule has 0 aliphatic carbocycles. The standard InChI is InChI=1S/C26H28FNO4/c1-30-22-11-7-20(8-12-22)25(16-18-4-9-21(27)10-5-18)28-26(29)13-6-19-14-23(31-2)17-24(15-19)32-3/h4-5,7-12,14-15,17,25H,6,13,16H2,1-3H3,(H,28,29). The number of hydrogen-bond acceptors (Lipinski definition) is 4. The molecule has 32 heavy (non-hydrogen) atoms. The third kappa shape index (κ3) is 6.48. The number of carbonyl (C=O) groups is 1. The maximum Gasteiger partial charge on any atom is 0.220 e. The second-order valence-electron chi connectivity index (χ2n) is 7.44. The van der Waals surface area contributed by atoms with Gasteiger partial charge in [-0.2, -0.15) is 0 Å². The van der Waals surface area contributed by atoms with Gasteiger partial charge in [0.05, 0.1) is 27.4 Å². The summed E-state index contributed by atoms with van der Waals surface area (Å²) in [5.74, 6) is 1.76. The summed E-state index contributed by atoms with van der Waals surface area (Å²) in [6.45, 7) is 0. The predicted octanol–water partition coefficient (Wildman–Crippen LogP) is 4.88. The van der Waals surface area contributed by atoms with Crippen LogP contribution in [0.1, 0.15) is 29.2 Å². The molecule has 0 saturated carbocycles. The average Bonchev–Trinajstić information content (AvgIpc) is 2.83. The zero-order valence-electron chi connectivity index (χ0n) is 18.6. The first-order valence-electron chi connectivity index (χ1n) is 10.4. The van der Waals surface area contributed by atoms with Gasteiger partial charge in [0.25, 0.3) is 0 Å². The predicted molar refractivity (Wildman–Crippen MR) is 122 cm³/mol. The summed E-state index contributed by atoms with van der Waals surface area (Å²) in [6.07, 6.45) is 1.41. The van der Waals surface area contributed by atoms with E-state index in [1.165, 1.54) is 12.1 Å². The highest BCUT2D eigenvalue weighted by molar-refractivity contribution is 5.76. The van der Waals surface area contributed by atoms with E-state index in [9.17, 15) is 9.18 Å². The maximum atomic E-state index is 13.3. The molecule has 1 atom stereocenters. The number of hydrogen-bond donors (Lipinski definition) is 1. The molecule has 3 aromatic rings. The van der Waals surface area contributed by atoms with Gasteiger partial charge in [0.2, 0.25) is 5.91 Å². The summed E-state index contributed by atoms with van der Waals surface area (Å²) in [6, 6.07) is 19.3. The van der Waals surface area contributed by atoms with Gasteiger partial charge in [0, 0.05) is 12.5 Å². The maximum absolute atomic E-state index is 13.3. The molecule has 0 spiro atoms. The zero-order chi connectivity index (χ0) is 22.9. The number of amides is 1. The Labute approximate surface area is 188 Å². The molecule has 0 heterocycles. The van der Waals surface area contributed by atoms with Crippen LogP contribution in [0.4, 0.5) is 4.39 Å². The van der Waals surface area contributed by atoms with Gasteiger partial charge in [-0.3, -0.25) is 4.79 Å². The van der Waals surface area contributed by atoms with E-state index in [-0.39, 0.29) is 17.8 Å². The Morgan fingerprint density at radius 1 is 0.812 bits per heavy atom. The van der Waals surface area contributed by atoms with Crippen LogP contribution in [0.25, 0.3) is 0 Å². The minimum absolute atomic E-state index is 0.0743. The van der Waals surface area contributed by atoms with Crippen LogP contribution in [0.15, 0.2) is 66.7 Å². The minimum atomic E-state index is -0.285. The van der Waals surface area contributed by atoms with Crippen LogP contribution in [0.3, 0.4) is 0 Å². The highest BCUT2D eigenvalue weighted by atomic mass is 19.1. The van der Waals surface area contributed by atoms with Gasteiger partial charge >= 0.3 is 0 Å². The molecule has 0 radical (unpaired) electrons. The summed E-state index contributed by atoms with van der Waals surface area (Å²) < 4.78 is 29.2. The van der Waals surface area contributed by atoms with Crippen molar-refractivity contribution in [2.45, 2.75) is 25.3 Å². The first-order valence-corrected chi connectivity index (χ1v) is 10.4. The van der Waals surface area contributed by atoms with Crippen molar-refractivity contribution < 1.29 is 23.4 Å². The lowest BCUT2D eigenvalue weighted by Crippen LogP contribution is -2.30. The Morgan fingerprint density at radius 3 is 1.97 bits per heavy atom. The van der Waals surface area contributed by atoms with Crippen LogP contribution < -0.4 is 19.5 Å². The summed E-state index contributed by atoms with van der Waals surface area (Å²) in [4.78, 5) is 12.8. The van der Waals surface area contributed by atoms with Crippen LogP contribution in [-0.2, 0) is 17.6 Å². The Bertz CT molecular complexity index is 997. The van der Waals surface area contributed by atoms with Gasteiger partial charge in [0.15, 0.2) is 0 Å². The van der Waals surface area contributed by atoms with Crippen LogP contribution in [0.5, 0.6) is 17.2 Å². The van der Waals surface area contributed by atoms with Crippen molar-refractivity contribution >= 4 is 5.91 Å². The molecule has 3 rings (SSSR count). The topological polar surface area (TPSA) is 56.8 Å². The van der Waals surface area contributed by atoms with Crippen LogP contribution in [0.2, 0.25) is 0 Å². The van der Waals surface area contributed by atoms with E-state index < -0.39 is 0 Å². The molecule has 1 amide bonds. The Balaban J connectivity index is 1.71. The molecule has 0 aliphatic heterocycles. The fraction of sp³-hybridized carbons (Fsp3) is 0.269. The number of halogens is 1. The summed E-state index contributed by atoms with van der Waals surface area (Å²) in [5.41, 5.74) is 2.84. The Morgan fingerprint density at radius 2 is 1.41 bits per heavy atom. The van der Waals surface area contributed by atoms with Gasteiger partial charge in [0.1, 0.15) is 23.1 Å². The number of nitrogens with one attached hydrogen (secondary N) is 1. The van der Waals surface area contributed by atoms with Crippen molar-refractivity contribution in [1.29, 1.82) is 0 Å². The normalized spacial score (nSPS) is 11.5. The van der Waals surface area contributed by atoms with E-state index in [0.29, 0.717) is 30.8 Å². The lowest BCUT2D eigenvalue weighted by molar-refractivity contribution is -0.121. The van der Waals surface area contributed by atoms with E-state index in [4.69, 9.17) is 14.2 Å². The smallest absolute Gasteiger partial charge is 0.220 e. The number of methoxy groups -OCH3 is 3. The molecular weight excluding hydrogens is 409 g/mol. The number of aryl methyl sites for hydroxylation is 1. The zero-order valence-corrected chi connectivity index (χ0v) is 18.6. The van der Waals surface area contributed by atoms with E-state index >= 15 is 0 Å². The molecule has 5 nitrogen and oxygen atoms in total. The van der Waals surface area contributed by atoms with Gasteiger partial charge in [-0.1, -0.05) is 24.3 Å². The van der Waals surface area contributed by atoms with Crippen molar-refractivity contribution in [2.24, 2.45) is 0 Å². The van der Waals surface area contributed by atoms with E-state index in [1.54, 1.807) is 39.5 Å². The van der Waals surface area contributed by atoms with E-state index in [2.05, 4.69) is 5.32 Å². The largest absolute Gasteiger partial charge is 0.497 e. The molecule has 6 heteroatoms. The molecular formula is C26H28FNO4. The first-order chi connectivity index (χ1) is 15.5. The molecule has 0 aliphatic rings. The van der Waals surface area contributed by atoms with Gasteiger partial charge in [-0.25, -0.2) is 4.39 Å². The monoisotopic (exact) mass is 437 g/mol. The molecule has 0 aromatic heterocycles. The molecule has 0 bridgehead atoms. The van der Waals surface area contributed by atoms with Crippen molar-refractivity contribution in [3.8, 4) is 17.2 Å². The molecule has 1 unspecified atom stereocenters. The third-order valence-electron chi connectivity index (χ3n) is 5.26. The summed E-state index contributed by atoms with van der Waals surface area (Å²) >= 11 is 0. The van der Waals surface area contributed by atoms with E-state index in [1.807, 2.05) is 36.4 Å². The number of benzene rings is 3. The van der Waals surface area contributed by atoms with Gasteiger partial charge in [-0.15, -0.1) is 0 Å². The Kier molecular flexibility index (Phi) is 8.08. The van der Waals surface area contributed by atoms with Gasteiger partial charge < -0.3 is 19.5 Å². The fourth-order valence-electron chi connectivity index (χ4n) is 3.48. The molecule has 1 N–H and O–H groups in total. The number of ether oxygens (including phenoxy) is 3. The average molecular weight is 438 g/mol. The van der Waals surface area contributed by atoms with Crippen molar-refractivity contribution in [3.63, 3.8) is 0 Å². The van der Waals surface area contributed by atoms with Crippen molar-refractivity contribution in [2.75, 3.05) is 21.3 Å². The number of carbonyl (C=O) groups excluding carboxylic acids is 1. The lowest BCUT2D eigenvalue weighted by atomic mass is 9.98. The van der Waals surface area contributed by atoms with Gasteiger partial charge in [-0.05, 0) is 65.9 Å². The second-order valence-corrected chi connectivity index (χ2v) is 7.44. The minimum Gasteiger partial charge on any atom is -0.497 e. The quantitative estimate of drug-likeness (QED) is 0.491. The molecule has 0 fully saturated rings. The van der Waals surface area contributed by atoms with Crippen LogP contribution >= 0.6 is 0 Å². The number of rotatable bonds is 10.